The van der Waals surface area contributed by atoms with Gasteiger partial charge in [0.2, 0.25) is 0 Å². The van der Waals surface area contributed by atoms with E-state index in [1.807, 2.05) is 54.6 Å². The van der Waals surface area contributed by atoms with Gasteiger partial charge in [-0.05, 0) is 58.7 Å². The number of pyridine rings is 1. The quantitative estimate of drug-likeness (QED) is 0.389. The largest absolute Gasteiger partial charge is 0.508 e. The second-order valence-corrected chi connectivity index (χ2v) is 7.36. The summed E-state index contributed by atoms with van der Waals surface area (Å²) in [6.07, 6.45) is 0.692. The molecule has 1 aromatic heterocycles. The van der Waals surface area contributed by atoms with E-state index in [1.54, 1.807) is 18.2 Å². The number of aromatic hydroxyl groups is 2. The molecule has 5 rings (SSSR count). The van der Waals surface area contributed by atoms with Gasteiger partial charge in [0, 0.05) is 22.6 Å². The molecule has 28 heavy (non-hydrogen) atoms. The molecule has 4 heteroatoms. The minimum Gasteiger partial charge on any atom is -0.508 e. The predicted molar refractivity (Wildman–Crippen MR) is 112 cm³/mol. The van der Waals surface area contributed by atoms with E-state index in [9.17, 15) is 10.2 Å². The van der Waals surface area contributed by atoms with Gasteiger partial charge in [0.15, 0.2) is 0 Å². The molecule has 0 spiro atoms. The van der Waals surface area contributed by atoms with Crippen LogP contribution in [0.3, 0.4) is 0 Å². The fourth-order valence-electron chi connectivity index (χ4n) is 3.85. The number of aromatic nitrogens is 1. The topological polar surface area (TPSA) is 53.4 Å². The van der Waals surface area contributed by atoms with Gasteiger partial charge in [-0.1, -0.05) is 48.0 Å². The number of phenolic OH excluding ortho intramolecular Hbond substituents is 2. The summed E-state index contributed by atoms with van der Waals surface area (Å²) in [6.45, 7) is 0. The van der Waals surface area contributed by atoms with Gasteiger partial charge in [-0.2, -0.15) is 0 Å². The lowest BCUT2D eigenvalue weighted by molar-refractivity contribution is 0.475. The lowest BCUT2D eigenvalue weighted by Gasteiger charge is -2.13. The molecule has 0 unspecified atom stereocenters. The Labute approximate surface area is 167 Å². The predicted octanol–water partition coefficient (Wildman–Crippen LogP) is 6.05. The molecule has 0 saturated heterocycles. The minimum absolute atomic E-state index is 0.217. The van der Waals surface area contributed by atoms with Gasteiger partial charge < -0.3 is 10.2 Å². The molecule has 0 fully saturated rings. The summed E-state index contributed by atoms with van der Waals surface area (Å²) >= 11 is 6.04. The molecule has 0 amide bonds. The fraction of sp³-hybridized carbons (Fsp3) is 0.0417. The monoisotopic (exact) mass is 385 g/mol. The van der Waals surface area contributed by atoms with Crippen LogP contribution in [-0.2, 0) is 6.42 Å². The number of hydrogen-bond acceptors (Lipinski definition) is 3. The van der Waals surface area contributed by atoms with Crippen molar-refractivity contribution in [3.63, 3.8) is 0 Å². The SMILES string of the molecule is Oc1cccc(-c2cc(-c3ccc(Cl)cc3)nc3c2Cc2cccc(O)c2-3)c1. The summed E-state index contributed by atoms with van der Waals surface area (Å²) in [5, 5.41) is 21.1. The molecule has 0 aliphatic heterocycles. The highest BCUT2D eigenvalue weighted by molar-refractivity contribution is 6.30. The molecule has 1 aliphatic rings. The van der Waals surface area contributed by atoms with Crippen molar-refractivity contribution in [3.05, 3.63) is 88.9 Å². The Morgan fingerprint density at radius 1 is 0.821 bits per heavy atom. The Morgan fingerprint density at radius 3 is 2.39 bits per heavy atom. The molecule has 0 bridgehead atoms. The van der Waals surface area contributed by atoms with Crippen molar-refractivity contribution in [3.8, 4) is 45.1 Å². The van der Waals surface area contributed by atoms with Crippen LogP contribution in [0.2, 0.25) is 5.02 Å². The van der Waals surface area contributed by atoms with Crippen LogP contribution in [0, 0.1) is 0 Å². The normalized spacial score (nSPS) is 11.9. The minimum atomic E-state index is 0.217. The zero-order valence-corrected chi connectivity index (χ0v) is 15.6. The van der Waals surface area contributed by atoms with E-state index in [0.717, 1.165) is 44.8 Å². The summed E-state index contributed by atoms with van der Waals surface area (Å²) in [5.74, 6) is 0.452. The van der Waals surface area contributed by atoms with Gasteiger partial charge in [0.25, 0.3) is 0 Å². The Kier molecular flexibility index (Phi) is 3.85. The number of hydrogen-bond donors (Lipinski definition) is 2. The lowest BCUT2D eigenvalue weighted by atomic mass is 9.96. The van der Waals surface area contributed by atoms with Gasteiger partial charge in [0.1, 0.15) is 11.5 Å². The van der Waals surface area contributed by atoms with Crippen molar-refractivity contribution in [1.82, 2.24) is 4.98 Å². The summed E-state index contributed by atoms with van der Waals surface area (Å²) in [5.41, 5.74) is 7.34. The number of nitrogens with zero attached hydrogens (tertiary/aromatic N) is 1. The van der Waals surface area contributed by atoms with Crippen LogP contribution in [0.25, 0.3) is 33.6 Å². The van der Waals surface area contributed by atoms with Gasteiger partial charge in [-0.3, -0.25) is 0 Å². The van der Waals surface area contributed by atoms with Gasteiger partial charge in [-0.15, -0.1) is 0 Å². The van der Waals surface area contributed by atoms with Crippen LogP contribution < -0.4 is 0 Å². The average molecular weight is 386 g/mol. The zero-order chi connectivity index (χ0) is 19.3. The van der Waals surface area contributed by atoms with Crippen LogP contribution >= 0.6 is 11.6 Å². The van der Waals surface area contributed by atoms with E-state index in [4.69, 9.17) is 16.6 Å². The van der Waals surface area contributed by atoms with E-state index in [-0.39, 0.29) is 11.5 Å². The van der Waals surface area contributed by atoms with Gasteiger partial charge in [-0.25, -0.2) is 4.98 Å². The van der Waals surface area contributed by atoms with Crippen LogP contribution in [0.4, 0.5) is 0 Å². The smallest absolute Gasteiger partial charge is 0.125 e. The standard InChI is InChI=1S/C24H16ClNO2/c25-17-9-7-14(8-10-17)21-13-19(15-3-1-5-18(27)11-15)20-12-16-4-2-6-22(28)23(16)24(20)26-21/h1-11,13,27-28H,12H2. The van der Waals surface area contributed by atoms with Crippen molar-refractivity contribution >= 4 is 11.6 Å². The summed E-state index contributed by atoms with van der Waals surface area (Å²) in [4.78, 5) is 4.90. The third-order valence-electron chi connectivity index (χ3n) is 5.15. The van der Waals surface area contributed by atoms with E-state index >= 15 is 0 Å². The zero-order valence-electron chi connectivity index (χ0n) is 14.9. The molecule has 1 aliphatic carbocycles. The molecule has 0 saturated carbocycles. The average Bonchev–Trinajstić information content (AvgIpc) is 3.07. The highest BCUT2D eigenvalue weighted by Crippen LogP contribution is 2.46. The molecule has 1 heterocycles. The molecule has 0 radical (unpaired) electrons. The molecule has 2 N–H and O–H groups in total. The highest BCUT2D eigenvalue weighted by atomic mass is 35.5. The number of rotatable bonds is 2. The van der Waals surface area contributed by atoms with Gasteiger partial charge in [0.05, 0.1) is 11.4 Å². The van der Waals surface area contributed by atoms with Crippen molar-refractivity contribution in [2.75, 3.05) is 0 Å². The van der Waals surface area contributed by atoms with E-state index in [1.165, 1.54) is 0 Å². The third-order valence-corrected chi connectivity index (χ3v) is 5.41. The van der Waals surface area contributed by atoms with Crippen LogP contribution in [0.15, 0.2) is 72.8 Å². The second kappa shape index (κ2) is 6.39. The van der Waals surface area contributed by atoms with E-state index in [0.29, 0.717) is 11.4 Å². The summed E-state index contributed by atoms with van der Waals surface area (Å²) in [6, 6.07) is 22.4. The number of fused-ring (bicyclic) bond motifs is 3. The second-order valence-electron chi connectivity index (χ2n) is 6.93. The number of halogens is 1. The molecule has 0 atom stereocenters. The summed E-state index contributed by atoms with van der Waals surface area (Å²) in [7, 11) is 0. The maximum Gasteiger partial charge on any atom is 0.125 e. The first-order valence-corrected chi connectivity index (χ1v) is 9.38. The lowest BCUT2D eigenvalue weighted by Crippen LogP contribution is -1.94. The van der Waals surface area contributed by atoms with Gasteiger partial charge >= 0.3 is 0 Å². The van der Waals surface area contributed by atoms with Crippen molar-refractivity contribution in [2.45, 2.75) is 6.42 Å². The molecule has 3 nitrogen and oxygen atoms in total. The molecular formula is C24H16ClNO2. The molecular weight excluding hydrogens is 370 g/mol. The maximum absolute atomic E-state index is 10.5. The fourth-order valence-corrected chi connectivity index (χ4v) is 3.98. The molecule has 136 valence electrons. The number of phenols is 2. The Balaban J connectivity index is 1.80. The van der Waals surface area contributed by atoms with E-state index < -0.39 is 0 Å². The Morgan fingerprint density at radius 2 is 1.61 bits per heavy atom. The molecule has 3 aromatic carbocycles. The van der Waals surface area contributed by atoms with Crippen LogP contribution in [0.1, 0.15) is 11.1 Å². The van der Waals surface area contributed by atoms with Crippen LogP contribution in [0.5, 0.6) is 11.5 Å². The van der Waals surface area contributed by atoms with E-state index in [2.05, 4.69) is 0 Å². The van der Waals surface area contributed by atoms with Crippen molar-refractivity contribution in [1.29, 1.82) is 0 Å². The highest BCUT2D eigenvalue weighted by Gasteiger charge is 2.27. The van der Waals surface area contributed by atoms with Crippen molar-refractivity contribution < 1.29 is 10.2 Å². The first kappa shape index (κ1) is 16.8. The van der Waals surface area contributed by atoms with Crippen LogP contribution in [-0.4, -0.2) is 15.2 Å². The first-order chi connectivity index (χ1) is 13.6. The molecule has 4 aromatic rings. The maximum atomic E-state index is 10.5. The number of benzene rings is 3. The third kappa shape index (κ3) is 2.72. The Hall–Kier alpha value is -3.30. The van der Waals surface area contributed by atoms with Crippen molar-refractivity contribution in [2.24, 2.45) is 0 Å². The Bertz CT molecular complexity index is 1220. The summed E-state index contributed by atoms with van der Waals surface area (Å²) < 4.78 is 0. The first-order valence-electron chi connectivity index (χ1n) is 9.00.